The molecule has 0 aliphatic rings. The third kappa shape index (κ3) is 3.83. The number of nitrogens with one attached hydrogen (secondary N) is 1. The molecule has 6 nitrogen and oxygen atoms in total. The lowest BCUT2D eigenvalue weighted by atomic mass is 10.2. The molecule has 0 spiro atoms. The molecule has 0 saturated heterocycles. The van der Waals surface area contributed by atoms with Crippen LogP contribution in [0.1, 0.15) is 17.4 Å². The van der Waals surface area contributed by atoms with Gasteiger partial charge in [0, 0.05) is 11.3 Å². The van der Waals surface area contributed by atoms with Gasteiger partial charge in [-0.25, -0.2) is 4.68 Å². The van der Waals surface area contributed by atoms with Gasteiger partial charge in [0.2, 0.25) is 0 Å². The quantitative estimate of drug-likeness (QED) is 0.835. The van der Waals surface area contributed by atoms with Crippen molar-refractivity contribution >= 4 is 17.7 Å². The highest BCUT2D eigenvalue weighted by Crippen LogP contribution is 2.11. The van der Waals surface area contributed by atoms with Gasteiger partial charge in [-0.3, -0.25) is 4.79 Å². The molecule has 1 heterocycles. The molecular formula is C14H18N4O2S. The molecule has 2 unspecified atom stereocenters. The maximum atomic E-state index is 12.1. The highest BCUT2D eigenvalue weighted by atomic mass is 32.2. The Hall–Kier alpha value is -1.86. The molecule has 21 heavy (non-hydrogen) atoms. The molecular weight excluding hydrogens is 288 g/mol. The lowest BCUT2D eigenvalue weighted by Gasteiger charge is -2.20. The molecule has 112 valence electrons. The molecule has 0 aliphatic heterocycles. The molecule has 0 radical (unpaired) electrons. The minimum atomic E-state index is -0.294. The van der Waals surface area contributed by atoms with Gasteiger partial charge in [-0.1, -0.05) is 23.4 Å². The van der Waals surface area contributed by atoms with E-state index in [-0.39, 0.29) is 29.5 Å². The van der Waals surface area contributed by atoms with E-state index >= 15 is 0 Å². The highest BCUT2D eigenvalue weighted by molar-refractivity contribution is 7.99. The maximum absolute atomic E-state index is 12.1. The molecule has 1 aromatic heterocycles. The van der Waals surface area contributed by atoms with Crippen LogP contribution < -0.4 is 5.32 Å². The summed E-state index contributed by atoms with van der Waals surface area (Å²) in [7, 11) is 0. The normalized spacial score (nSPS) is 13.7. The standard InChI is InChI=1S/C14H18N4O2S/c1-10(13(9-19)21-2)15-14(20)12-8-18(17-16-12)11-6-4-3-5-7-11/h3-8,10,13,19H,9H2,1-2H3,(H,15,20). The van der Waals surface area contributed by atoms with Crippen LogP contribution in [-0.4, -0.2) is 50.2 Å². The summed E-state index contributed by atoms with van der Waals surface area (Å²) in [6, 6.07) is 9.31. The van der Waals surface area contributed by atoms with E-state index in [4.69, 9.17) is 0 Å². The van der Waals surface area contributed by atoms with Crippen molar-refractivity contribution in [1.29, 1.82) is 0 Å². The predicted molar refractivity (Wildman–Crippen MR) is 82.7 cm³/mol. The second-order valence-corrected chi connectivity index (χ2v) is 5.68. The molecule has 2 atom stereocenters. The van der Waals surface area contributed by atoms with Gasteiger partial charge in [-0.05, 0) is 25.3 Å². The minimum absolute atomic E-state index is 0.0132. The number of nitrogens with zero attached hydrogens (tertiary/aromatic N) is 3. The number of amides is 1. The Balaban J connectivity index is 2.06. The van der Waals surface area contributed by atoms with Gasteiger partial charge >= 0.3 is 0 Å². The molecule has 7 heteroatoms. The second kappa shape index (κ2) is 7.24. The lowest BCUT2D eigenvalue weighted by molar-refractivity contribution is 0.0931. The predicted octanol–water partition coefficient (Wildman–Crippen LogP) is 1.11. The van der Waals surface area contributed by atoms with Crippen molar-refractivity contribution < 1.29 is 9.90 Å². The topological polar surface area (TPSA) is 80.0 Å². The first-order valence-electron chi connectivity index (χ1n) is 6.58. The van der Waals surface area contributed by atoms with E-state index in [0.717, 1.165) is 5.69 Å². The number of carbonyl (C=O) groups is 1. The van der Waals surface area contributed by atoms with E-state index in [1.807, 2.05) is 43.5 Å². The minimum Gasteiger partial charge on any atom is -0.395 e. The zero-order valence-electron chi connectivity index (χ0n) is 11.9. The van der Waals surface area contributed by atoms with Crippen molar-refractivity contribution in [2.75, 3.05) is 12.9 Å². The number of hydrogen-bond acceptors (Lipinski definition) is 5. The zero-order valence-corrected chi connectivity index (χ0v) is 12.7. The lowest BCUT2D eigenvalue weighted by Crippen LogP contribution is -2.41. The van der Waals surface area contributed by atoms with E-state index in [0.29, 0.717) is 0 Å². The van der Waals surface area contributed by atoms with Crippen LogP contribution in [0.3, 0.4) is 0 Å². The van der Waals surface area contributed by atoms with Crippen LogP contribution in [0.5, 0.6) is 0 Å². The first kappa shape index (κ1) is 15.5. The number of aromatic nitrogens is 3. The Morgan fingerprint density at radius 3 is 2.76 bits per heavy atom. The monoisotopic (exact) mass is 306 g/mol. The molecule has 1 aromatic carbocycles. The van der Waals surface area contributed by atoms with Crippen LogP contribution >= 0.6 is 11.8 Å². The van der Waals surface area contributed by atoms with E-state index < -0.39 is 0 Å². The summed E-state index contributed by atoms with van der Waals surface area (Å²) in [4.78, 5) is 12.1. The Bertz CT molecular complexity index is 584. The van der Waals surface area contributed by atoms with E-state index in [1.165, 1.54) is 11.8 Å². The number of aliphatic hydroxyl groups excluding tert-OH is 1. The summed E-state index contributed by atoms with van der Waals surface area (Å²) >= 11 is 1.51. The van der Waals surface area contributed by atoms with Crippen molar-refractivity contribution in [3.05, 3.63) is 42.2 Å². The van der Waals surface area contributed by atoms with Gasteiger partial charge in [0.05, 0.1) is 18.5 Å². The smallest absolute Gasteiger partial charge is 0.273 e. The number of rotatable bonds is 6. The summed E-state index contributed by atoms with van der Waals surface area (Å²) in [5.41, 5.74) is 1.10. The SMILES string of the molecule is CSC(CO)C(C)NC(=O)c1cn(-c2ccccc2)nn1. The molecule has 0 fully saturated rings. The summed E-state index contributed by atoms with van der Waals surface area (Å²) < 4.78 is 1.55. The van der Waals surface area contributed by atoms with E-state index in [1.54, 1.807) is 10.9 Å². The molecule has 0 bridgehead atoms. The summed E-state index contributed by atoms with van der Waals surface area (Å²) in [5, 5.41) is 19.9. The number of carbonyl (C=O) groups excluding carboxylic acids is 1. The Morgan fingerprint density at radius 2 is 2.14 bits per heavy atom. The Morgan fingerprint density at radius 1 is 1.43 bits per heavy atom. The van der Waals surface area contributed by atoms with E-state index in [2.05, 4.69) is 15.6 Å². The van der Waals surface area contributed by atoms with Gasteiger partial charge < -0.3 is 10.4 Å². The fourth-order valence-corrected chi connectivity index (χ4v) is 2.51. The van der Waals surface area contributed by atoms with Crippen LogP contribution in [0, 0.1) is 0 Å². The number of para-hydroxylation sites is 1. The van der Waals surface area contributed by atoms with Gasteiger partial charge in [0.15, 0.2) is 5.69 Å². The summed E-state index contributed by atoms with van der Waals surface area (Å²) in [6.07, 6.45) is 3.49. The first-order chi connectivity index (χ1) is 10.2. The fourth-order valence-electron chi connectivity index (χ4n) is 1.89. The fraction of sp³-hybridized carbons (Fsp3) is 0.357. The third-order valence-electron chi connectivity index (χ3n) is 3.15. The number of aliphatic hydroxyl groups is 1. The molecule has 0 saturated carbocycles. The third-order valence-corrected chi connectivity index (χ3v) is 4.31. The van der Waals surface area contributed by atoms with Gasteiger partial charge in [-0.15, -0.1) is 5.10 Å². The molecule has 0 aliphatic carbocycles. The summed E-state index contributed by atoms with van der Waals surface area (Å²) in [6.45, 7) is 1.87. The second-order valence-electron chi connectivity index (χ2n) is 4.60. The van der Waals surface area contributed by atoms with Crippen molar-refractivity contribution in [2.24, 2.45) is 0 Å². The van der Waals surface area contributed by atoms with Crippen molar-refractivity contribution in [3.63, 3.8) is 0 Å². The Labute approximate surface area is 127 Å². The van der Waals surface area contributed by atoms with Crippen LogP contribution in [0.25, 0.3) is 5.69 Å². The molecule has 2 N–H and O–H groups in total. The van der Waals surface area contributed by atoms with Gasteiger partial charge in [-0.2, -0.15) is 11.8 Å². The number of benzene rings is 1. The van der Waals surface area contributed by atoms with Gasteiger partial charge in [0.25, 0.3) is 5.91 Å². The van der Waals surface area contributed by atoms with Crippen LogP contribution in [-0.2, 0) is 0 Å². The molecule has 2 aromatic rings. The van der Waals surface area contributed by atoms with Gasteiger partial charge in [0.1, 0.15) is 0 Å². The van der Waals surface area contributed by atoms with Crippen molar-refractivity contribution in [2.45, 2.75) is 18.2 Å². The highest BCUT2D eigenvalue weighted by Gasteiger charge is 2.20. The maximum Gasteiger partial charge on any atom is 0.273 e. The largest absolute Gasteiger partial charge is 0.395 e. The number of hydrogen-bond donors (Lipinski definition) is 2. The Kier molecular flexibility index (Phi) is 5.35. The van der Waals surface area contributed by atoms with Crippen LogP contribution in [0.4, 0.5) is 0 Å². The van der Waals surface area contributed by atoms with E-state index in [9.17, 15) is 9.90 Å². The zero-order chi connectivity index (χ0) is 15.2. The molecule has 1 amide bonds. The first-order valence-corrected chi connectivity index (χ1v) is 7.86. The van der Waals surface area contributed by atoms with Crippen molar-refractivity contribution in [3.8, 4) is 5.69 Å². The number of thioether (sulfide) groups is 1. The average molecular weight is 306 g/mol. The van der Waals surface area contributed by atoms with Crippen molar-refractivity contribution in [1.82, 2.24) is 20.3 Å². The molecule has 2 rings (SSSR count). The van der Waals surface area contributed by atoms with Crippen LogP contribution in [0.15, 0.2) is 36.5 Å². The average Bonchev–Trinajstić information content (AvgIpc) is 2.99. The van der Waals surface area contributed by atoms with Crippen LogP contribution in [0.2, 0.25) is 0 Å². The summed E-state index contributed by atoms with van der Waals surface area (Å²) in [5.74, 6) is -0.294.